The first-order valence-electron chi connectivity index (χ1n) is 43.6. The molecule has 13 aromatic carbocycles. The molecule has 16 aromatic rings. The number of rotatable bonds is 7. The predicted molar refractivity (Wildman–Crippen MR) is 390 cm³/mol. The molecule has 0 unspecified atom stereocenters. The fraction of sp³-hybridized carbons (Fsp3) is 0.0930. The van der Waals surface area contributed by atoms with Gasteiger partial charge in [-0.2, -0.15) is 0 Å². The number of hydrogen-bond donors (Lipinski definition) is 0. The number of aromatic nitrogens is 2. The summed E-state index contributed by atoms with van der Waals surface area (Å²) in [6, 6.07) is 15.7. The van der Waals surface area contributed by atoms with Crippen molar-refractivity contribution in [3.8, 4) is 44.8 Å². The average Bonchev–Trinajstić information content (AvgIpc) is 1.57. The lowest BCUT2D eigenvalue weighted by atomic mass is 9.33. The van der Waals surface area contributed by atoms with Crippen molar-refractivity contribution in [1.82, 2.24) is 9.13 Å². The third-order valence-electron chi connectivity index (χ3n) is 17.7. The topological polar surface area (TPSA) is 29.5 Å². The van der Waals surface area contributed by atoms with Crippen molar-refractivity contribution < 1.29 is 41.4 Å². The van der Waals surface area contributed by atoms with Gasteiger partial charge in [-0.15, -0.1) is 0 Å². The first-order valence-corrected chi connectivity index (χ1v) is 30.1. The van der Waals surface area contributed by atoms with Gasteiger partial charge >= 0.3 is 0 Å². The molecule has 0 amide bonds. The highest BCUT2D eigenvalue weighted by molar-refractivity contribution is 7.00. The average molecular weight is 1210 g/mol. The summed E-state index contributed by atoms with van der Waals surface area (Å²) in [5.41, 5.74) is -3.94. The van der Waals surface area contributed by atoms with Gasteiger partial charge in [0.1, 0.15) is 5.58 Å². The van der Waals surface area contributed by atoms with Crippen LogP contribution in [-0.2, 0) is 10.8 Å². The zero-order valence-corrected chi connectivity index (χ0v) is 50.3. The largest absolute Gasteiger partial charge is 0.454 e. The summed E-state index contributed by atoms with van der Waals surface area (Å²) in [4.78, 5) is 3.26. The Balaban J connectivity index is 1.15. The van der Waals surface area contributed by atoms with E-state index in [4.69, 9.17) is 9.90 Å². The maximum absolute atomic E-state index is 11.6. The van der Waals surface area contributed by atoms with E-state index in [9.17, 15) is 31.5 Å². The van der Waals surface area contributed by atoms with Gasteiger partial charge in [-0.1, -0.05) is 253 Å². The van der Waals surface area contributed by atoms with E-state index < -0.39 is 235 Å². The zero-order valence-electron chi connectivity index (χ0n) is 77.3. The van der Waals surface area contributed by atoms with E-state index >= 15 is 0 Å². The van der Waals surface area contributed by atoms with Crippen molar-refractivity contribution in [2.45, 2.75) is 52.4 Å². The van der Waals surface area contributed by atoms with Crippen molar-refractivity contribution in [2.24, 2.45) is 0 Å². The van der Waals surface area contributed by atoms with Crippen molar-refractivity contribution in [3.05, 3.63) is 296 Å². The molecule has 0 radical (unpaired) electrons. The summed E-state index contributed by atoms with van der Waals surface area (Å²) < 4.78 is 276. The van der Waals surface area contributed by atoms with Crippen LogP contribution >= 0.6 is 0 Å². The van der Waals surface area contributed by atoms with Crippen LogP contribution in [0.15, 0.2) is 289 Å². The number of para-hydroxylation sites is 6. The summed E-state index contributed by atoms with van der Waals surface area (Å²) in [7, 11) is 0. The summed E-state index contributed by atoms with van der Waals surface area (Å²) >= 11 is 0. The number of benzene rings is 13. The van der Waals surface area contributed by atoms with Gasteiger partial charge in [0, 0.05) is 83.1 Å². The molecule has 5 heterocycles. The van der Waals surface area contributed by atoms with Crippen molar-refractivity contribution >= 4 is 123 Å². The third kappa shape index (κ3) is 8.05. The fourth-order valence-electron chi connectivity index (χ4n) is 13.6. The van der Waals surface area contributed by atoms with E-state index in [-0.39, 0.29) is 83.9 Å². The maximum atomic E-state index is 11.6. The van der Waals surface area contributed by atoms with Crippen LogP contribution < -0.4 is 26.2 Å². The lowest BCUT2D eigenvalue weighted by Gasteiger charge is -2.46. The highest BCUT2D eigenvalue weighted by atomic mass is 16.3. The standard InChI is InChI=1S/C86H65BN4O/c1-85(2,3)57-49-77-81-78(50-57)91(83-67(56-31-14-9-15-32-56)53-68(86(4,5)6)80-66-37-20-25-44-79(66)92-84(80)83)76-52-59(89-73-42-23-18-35-64(73)65-36-19-24-43-74(65)89)46-48-70(76)87(81)69-47-45-58(88-71-40-21-16-33-62(71)63-34-17-22-41-72(63)88)51-75(69)90(77)82-60(54-27-10-7-11-28-54)38-26-39-61(82)55-29-12-8-13-30-55/h7-53H,1-6H3/i16D,17D,18D,19D,20D,21D,22D,23D,24D,25D,33D,34D,35D,36D,37D,40D,41D,42D,43D,44D,45D,46D,47D,48D,51D,52D,53D. The van der Waals surface area contributed by atoms with Crippen LogP contribution in [-0.4, -0.2) is 15.8 Å². The molecule has 0 bridgehead atoms. The number of fused-ring (bicyclic) bond motifs is 13. The molecule has 0 fully saturated rings. The second-order valence-corrected chi connectivity index (χ2v) is 25.1. The Hall–Kier alpha value is -11.1. The molecule has 2 aliphatic rings. The third-order valence-corrected chi connectivity index (χ3v) is 17.7. The molecule has 6 heteroatoms. The van der Waals surface area contributed by atoms with Gasteiger partial charge in [0.15, 0.2) is 5.58 Å². The molecule has 0 saturated heterocycles. The highest BCUT2D eigenvalue weighted by Crippen LogP contribution is 2.56. The van der Waals surface area contributed by atoms with Crippen LogP contribution in [0.5, 0.6) is 0 Å². The van der Waals surface area contributed by atoms with E-state index in [0.29, 0.717) is 33.4 Å². The molecule has 18 rings (SSSR count). The van der Waals surface area contributed by atoms with Crippen molar-refractivity contribution in [1.29, 1.82) is 0 Å². The van der Waals surface area contributed by atoms with Crippen molar-refractivity contribution in [3.63, 3.8) is 0 Å². The molecule has 0 aliphatic carbocycles. The van der Waals surface area contributed by atoms with Crippen LogP contribution in [0, 0.1) is 0 Å². The second-order valence-electron chi connectivity index (χ2n) is 25.1. The SMILES string of the molecule is [2H]c1c([2H])c(-n2c3c([2H])c([2H])c([2H])c([2H])c3c3c([2H])c([2H])c([2H])c([2H])c32)c([2H])c2c1B1c3c(cc(C(C)(C)C)cc3N(c3c(-c4ccccc4)c([2H])c(C(C)(C)C)c4c3oc3c([2H])c([2H])c([2H])c([2H])c34)c3c([2H])c(-n4c5c([2H])c([2H])c([2H])c([2H])c5c5c([2H])c([2H])c([2H])c([2H])c54)c([2H])c([2H])c31)N2c1c(-c2ccccc2)cccc1-c1ccccc1. The zero-order chi connectivity index (χ0) is 85.2. The maximum Gasteiger partial charge on any atom is 0.252 e. The van der Waals surface area contributed by atoms with Crippen LogP contribution in [0.25, 0.3) is 110 Å². The lowest BCUT2D eigenvalue weighted by molar-refractivity contribution is 0.590. The number of nitrogens with zero attached hydrogens (tertiary/aromatic N) is 4. The van der Waals surface area contributed by atoms with Gasteiger partial charge in [0.05, 0.1) is 70.5 Å². The van der Waals surface area contributed by atoms with Gasteiger partial charge in [0.2, 0.25) is 0 Å². The first-order chi connectivity index (χ1) is 56.2. The molecule has 92 heavy (non-hydrogen) atoms. The normalized spacial score (nSPS) is 17.2. The fourth-order valence-corrected chi connectivity index (χ4v) is 13.6. The molecule has 5 nitrogen and oxygen atoms in total. The Bertz CT molecular complexity index is 7150. The molecule has 3 aromatic heterocycles. The van der Waals surface area contributed by atoms with E-state index in [0.717, 1.165) is 9.13 Å². The Labute approximate surface area is 574 Å². The Morgan fingerprint density at radius 1 is 0.380 bits per heavy atom. The van der Waals surface area contributed by atoms with Gasteiger partial charge in [-0.25, -0.2) is 0 Å². The highest BCUT2D eigenvalue weighted by Gasteiger charge is 2.47. The van der Waals surface area contributed by atoms with Gasteiger partial charge < -0.3 is 23.4 Å². The molecular weight excluding hydrogens is 1120 g/mol. The van der Waals surface area contributed by atoms with Gasteiger partial charge in [-0.05, 0) is 128 Å². The Morgan fingerprint density at radius 3 is 1.24 bits per heavy atom. The Kier molecular flexibility index (Phi) is 7.28. The van der Waals surface area contributed by atoms with Crippen LogP contribution in [0.2, 0.25) is 0 Å². The molecule has 438 valence electrons. The van der Waals surface area contributed by atoms with Crippen LogP contribution in [0.4, 0.5) is 34.1 Å². The smallest absolute Gasteiger partial charge is 0.252 e. The lowest BCUT2D eigenvalue weighted by Crippen LogP contribution is -2.61. The van der Waals surface area contributed by atoms with E-state index in [1.54, 1.807) is 41.3 Å². The molecular formula is C86H65BN4O. The second kappa shape index (κ2) is 20.2. The van der Waals surface area contributed by atoms with E-state index in [2.05, 4.69) is 0 Å². The molecule has 0 saturated carbocycles. The minimum absolute atomic E-state index is 0.0165. The van der Waals surface area contributed by atoms with Gasteiger partial charge in [0.25, 0.3) is 6.71 Å². The van der Waals surface area contributed by atoms with E-state index in [1.165, 1.54) is 4.90 Å². The Morgan fingerprint density at radius 2 is 0.793 bits per heavy atom. The van der Waals surface area contributed by atoms with Crippen LogP contribution in [0.1, 0.15) is 89.7 Å². The first kappa shape index (κ1) is 33.1. The predicted octanol–water partition coefficient (Wildman–Crippen LogP) is 21.5. The summed E-state index contributed by atoms with van der Waals surface area (Å²) in [5.74, 6) is 0. The minimum atomic E-state index is -1.81. The molecule has 0 N–H and O–H groups in total. The molecule has 0 atom stereocenters. The number of anilines is 6. The van der Waals surface area contributed by atoms with E-state index in [1.807, 2.05) is 126 Å². The quantitative estimate of drug-likeness (QED) is 0.149. The summed E-state index contributed by atoms with van der Waals surface area (Å²) in [6.07, 6.45) is 0. The monoisotopic (exact) mass is 1210 g/mol. The summed E-state index contributed by atoms with van der Waals surface area (Å²) in [5, 5.41) is -1.83. The summed E-state index contributed by atoms with van der Waals surface area (Å²) in [6.45, 7) is 9.37. The minimum Gasteiger partial charge on any atom is -0.454 e. The molecule has 0 spiro atoms. The number of furan rings is 1. The van der Waals surface area contributed by atoms with Gasteiger partial charge in [-0.3, -0.25) is 0 Å². The number of hydrogen-bond acceptors (Lipinski definition) is 3. The van der Waals surface area contributed by atoms with Crippen molar-refractivity contribution in [2.75, 3.05) is 9.80 Å². The molecule has 2 aliphatic heterocycles. The van der Waals surface area contributed by atoms with Crippen LogP contribution in [0.3, 0.4) is 0 Å².